The summed E-state index contributed by atoms with van der Waals surface area (Å²) in [5.74, 6) is 1.63. The van der Waals surface area contributed by atoms with Crippen molar-refractivity contribution in [1.82, 2.24) is 10.3 Å². The zero-order valence-electron chi connectivity index (χ0n) is 27.7. The van der Waals surface area contributed by atoms with E-state index in [1.165, 1.54) is 0 Å². The molecule has 1 aliphatic carbocycles. The van der Waals surface area contributed by atoms with Crippen LogP contribution in [0.3, 0.4) is 0 Å². The molecule has 0 radical (unpaired) electrons. The fourth-order valence-electron chi connectivity index (χ4n) is 5.64. The molecule has 2 amide bonds. The summed E-state index contributed by atoms with van der Waals surface area (Å²) >= 11 is 0. The van der Waals surface area contributed by atoms with Gasteiger partial charge in [0, 0.05) is 35.3 Å². The molecule has 10 nitrogen and oxygen atoms in total. The van der Waals surface area contributed by atoms with Crippen LogP contribution in [0.1, 0.15) is 69.2 Å². The van der Waals surface area contributed by atoms with Crippen LogP contribution in [0.15, 0.2) is 79.0 Å². The fourth-order valence-corrected chi connectivity index (χ4v) is 5.64. The van der Waals surface area contributed by atoms with Crippen LogP contribution >= 0.6 is 0 Å². The third-order valence-electron chi connectivity index (χ3n) is 8.08. The Morgan fingerprint density at radius 3 is 2.38 bits per heavy atom. The minimum absolute atomic E-state index is 0.0425. The Morgan fingerprint density at radius 1 is 0.917 bits per heavy atom. The number of nitrogens with zero attached hydrogens (tertiary/aromatic N) is 1. The minimum Gasteiger partial charge on any atom is -0.493 e. The minimum atomic E-state index is -0.652. The van der Waals surface area contributed by atoms with Crippen LogP contribution in [0.25, 0.3) is 10.9 Å². The predicted molar refractivity (Wildman–Crippen MR) is 184 cm³/mol. The lowest BCUT2D eigenvalue weighted by molar-refractivity contribution is -0.153. The van der Waals surface area contributed by atoms with Crippen LogP contribution in [0.4, 0.5) is 5.69 Å². The molecule has 1 fully saturated rings. The van der Waals surface area contributed by atoms with Crippen molar-refractivity contribution >= 4 is 34.4 Å². The Kier molecular flexibility index (Phi) is 11.9. The van der Waals surface area contributed by atoms with Crippen molar-refractivity contribution < 1.29 is 33.3 Å². The molecule has 252 valence electrons. The van der Waals surface area contributed by atoms with Gasteiger partial charge >= 0.3 is 5.97 Å². The standard InChI is InChI=1S/C38H43N3O7/c1-25(2)22-32(38(44)48-28-12-7-8-13-28)41-36(42)14-9-21-46-35-24-31-30(23-34(35)45-3)33(19-20-39-31)47-29-17-15-27(16-18-29)40-37(43)26-10-5-4-6-11-26/h4-6,10-11,15-20,23-25,28,32H,7-9,12-14,21-22H2,1-3H3,(H,40,43)(H,41,42). The van der Waals surface area contributed by atoms with Gasteiger partial charge in [0.05, 0.1) is 19.2 Å². The number of hydrogen-bond donors (Lipinski definition) is 2. The van der Waals surface area contributed by atoms with E-state index in [0.29, 0.717) is 52.6 Å². The van der Waals surface area contributed by atoms with Crippen LogP contribution < -0.4 is 24.8 Å². The summed E-state index contributed by atoms with van der Waals surface area (Å²) in [6.45, 7) is 4.30. The van der Waals surface area contributed by atoms with E-state index in [-0.39, 0.29) is 42.8 Å². The quantitative estimate of drug-likeness (QED) is 0.100. The van der Waals surface area contributed by atoms with Gasteiger partial charge in [0.25, 0.3) is 5.91 Å². The maximum Gasteiger partial charge on any atom is 0.328 e. The van der Waals surface area contributed by atoms with Crippen molar-refractivity contribution in [2.45, 2.75) is 70.9 Å². The third kappa shape index (κ3) is 9.47. The number of carbonyl (C=O) groups is 3. The third-order valence-corrected chi connectivity index (χ3v) is 8.08. The molecule has 10 heteroatoms. The SMILES string of the molecule is COc1cc2c(Oc3ccc(NC(=O)c4ccccc4)cc3)ccnc2cc1OCCCC(=O)NC(CC(C)C)C(=O)OC1CCCC1. The number of fused-ring (bicyclic) bond motifs is 1. The number of amides is 2. The molecule has 3 aromatic carbocycles. The predicted octanol–water partition coefficient (Wildman–Crippen LogP) is 7.46. The lowest BCUT2D eigenvalue weighted by Gasteiger charge is -2.21. The second kappa shape index (κ2) is 16.6. The number of methoxy groups -OCH3 is 1. The summed E-state index contributed by atoms with van der Waals surface area (Å²) in [4.78, 5) is 42.5. The Morgan fingerprint density at radius 2 is 1.67 bits per heavy atom. The van der Waals surface area contributed by atoms with Crippen molar-refractivity contribution in [1.29, 1.82) is 0 Å². The summed E-state index contributed by atoms with van der Waals surface area (Å²) in [7, 11) is 1.56. The molecule has 5 rings (SSSR count). The van der Waals surface area contributed by atoms with Gasteiger partial charge in [0.1, 0.15) is 23.6 Å². The summed E-state index contributed by atoms with van der Waals surface area (Å²) in [5.41, 5.74) is 1.87. The first-order valence-electron chi connectivity index (χ1n) is 16.5. The maximum absolute atomic E-state index is 12.8. The number of benzene rings is 3. The molecule has 2 N–H and O–H groups in total. The first-order chi connectivity index (χ1) is 23.3. The highest BCUT2D eigenvalue weighted by Gasteiger charge is 2.27. The number of ether oxygens (including phenoxy) is 4. The smallest absolute Gasteiger partial charge is 0.328 e. The van der Waals surface area contributed by atoms with Crippen molar-refractivity contribution in [3.05, 3.63) is 84.6 Å². The first-order valence-corrected chi connectivity index (χ1v) is 16.5. The topological polar surface area (TPSA) is 125 Å². The summed E-state index contributed by atoms with van der Waals surface area (Å²) < 4.78 is 23.5. The van der Waals surface area contributed by atoms with E-state index in [0.717, 1.165) is 31.1 Å². The van der Waals surface area contributed by atoms with Gasteiger partial charge in [-0.15, -0.1) is 0 Å². The lowest BCUT2D eigenvalue weighted by Crippen LogP contribution is -2.43. The van der Waals surface area contributed by atoms with E-state index in [2.05, 4.69) is 15.6 Å². The van der Waals surface area contributed by atoms with Crippen molar-refractivity contribution in [3.8, 4) is 23.0 Å². The average Bonchev–Trinajstić information content (AvgIpc) is 3.60. The van der Waals surface area contributed by atoms with Crippen LogP contribution in [0.2, 0.25) is 0 Å². The van der Waals surface area contributed by atoms with E-state index in [1.807, 2.05) is 32.0 Å². The van der Waals surface area contributed by atoms with Crippen LogP contribution in [-0.2, 0) is 14.3 Å². The van der Waals surface area contributed by atoms with E-state index in [4.69, 9.17) is 18.9 Å². The van der Waals surface area contributed by atoms with Crippen molar-refractivity contribution in [3.63, 3.8) is 0 Å². The zero-order chi connectivity index (χ0) is 33.9. The molecule has 0 saturated heterocycles. The van der Waals surface area contributed by atoms with E-state index in [9.17, 15) is 14.4 Å². The van der Waals surface area contributed by atoms with Crippen molar-refractivity contribution in [2.24, 2.45) is 5.92 Å². The summed E-state index contributed by atoms with van der Waals surface area (Å²) in [5, 5.41) is 6.48. The molecule has 1 atom stereocenters. The largest absolute Gasteiger partial charge is 0.493 e. The number of aromatic nitrogens is 1. The molecule has 1 aromatic heterocycles. The van der Waals surface area contributed by atoms with Gasteiger partial charge in [0.15, 0.2) is 11.5 Å². The Balaban J connectivity index is 1.16. The van der Waals surface area contributed by atoms with Gasteiger partial charge in [-0.2, -0.15) is 0 Å². The highest BCUT2D eigenvalue weighted by molar-refractivity contribution is 6.04. The molecule has 1 aliphatic rings. The molecular weight excluding hydrogens is 610 g/mol. The highest BCUT2D eigenvalue weighted by Crippen LogP contribution is 2.37. The molecule has 4 aromatic rings. The molecule has 0 bridgehead atoms. The van der Waals surface area contributed by atoms with Gasteiger partial charge in [-0.25, -0.2) is 4.79 Å². The molecule has 1 heterocycles. The number of esters is 1. The van der Waals surface area contributed by atoms with Crippen molar-refractivity contribution in [2.75, 3.05) is 19.0 Å². The second-order valence-corrected chi connectivity index (χ2v) is 12.3. The van der Waals surface area contributed by atoms with Gasteiger partial charge in [-0.1, -0.05) is 32.0 Å². The van der Waals surface area contributed by atoms with Gasteiger partial charge in [0.2, 0.25) is 5.91 Å². The lowest BCUT2D eigenvalue weighted by atomic mass is 10.0. The Hall–Kier alpha value is -5.12. The Labute approximate surface area is 281 Å². The number of rotatable bonds is 15. The molecule has 0 spiro atoms. The zero-order valence-corrected chi connectivity index (χ0v) is 27.7. The average molecular weight is 654 g/mol. The van der Waals surface area contributed by atoms with E-state index < -0.39 is 6.04 Å². The number of hydrogen-bond acceptors (Lipinski definition) is 8. The van der Waals surface area contributed by atoms with E-state index in [1.54, 1.807) is 67.9 Å². The van der Waals surface area contributed by atoms with Gasteiger partial charge in [-0.05, 0) is 93.0 Å². The van der Waals surface area contributed by atoms with Crippen LogP contribution in [0.5, 0.6) is 23.0 Å². The van der Waals surface area contributed by atoms with Crippen LogP contribution in [0, 0.1) is 5.92 Å². The number of anilines is 1. The number of nitrogens with one attached hydrogen (secondary N) is 2. The van der Waals surface area contributed by atoms with Gasteiger partial charge in [-0.3, -0.25) is 14.6 Å². The Bertz CT molecular complexity index is 1690. The monoisotopic (exact) mass is 653 g/mol. The molecule has 1 saturated carbocycles. The highest BCUT2D eigenvalue weighted by atomic mass is 16.5. The number of pyridine rings is 1. The van der Waals surface area contributed by atoms with Gasteiger partial charge < -0.3 is 29.6 Å². The molecular formula is C38H43N3O7. The fraction of sp³-hybridized carbons (Fsp3) is 0.368. The molecule has 48 heavy (non-hydrogen) atoms. The second-order valence-electron chi connectivity index (χ2n) is 12.3. The molecule has 1 unspecified atom stereocenters. The summed E-state index contributed by atoms with van der Waals surface area (Å²) in [6, 6.07) is 20.8. The molecule has 0 aliphatic heterocycles. The maximum atomic E-state index is 12.8. The van der Waals surface area contributed by atoms with Crippen LogP contribution in [-0.4, -0.2) is 48.6 Å². The normalized spacial score (nSPS) is 13.6. The number of carbonyl (C=O) groups excluding carboxylic acids is 3. The summed E-state index contributed by atoms with van der Waals surface area (Å²) in [6.07, 6.45) is 6.69. The van der Waals surface area contributed by atoms with E-state index >= 15 is 0 Å². The first kappa shape index (κ1) is 34.2.